The minimum Gasteiger partial charge on any atom is -0.364 e. The van der Waals surface area contributed by atoms with E-state index < -0.39 is 0 Å². The van der Waals surface area contributed by atoms with Gasteiger partial charge in [-0.3, -0.25) is 9.67 Å². The Hall–Kier alpha value is -2.80. The number of pyridine rings is 1. The van der Waals surface area contributed by atoms with Gasteiger partial charge in [0, 0.05) is 29.0 Å². The molecule has 0 spiro atoms. The van der Waals surface area contributed by atoms with Crippen LogP contribution in [0.4, 0.5) is 5.82 Å². The van der Waals surface area contributed by atoms with Crippen LogP contribution in [0.2, 0.25) is 0 Å². The highest BCUT2D eigenvalue weighted by molar-refractivity contribution is 7.19. The molecule has 30 heavy (non-hydrogen) atoms. The standard InChI is InChI=1S/C23H24N6S/c1-2-7-17(6-1)29-12-10-16(28-29)14-25-22-20-18-8-3-9-19(18)30-23(20)27-21(26-22)15-5-4-11-24-13-15/h4-5,10-13,17H,1-3,6-9,14H2,(H,25,26,27). The van der Waals surface area contributed by atoms with Gasteiger partial charge >= 0.3 is 0 Å². The monoisotopic (exact) mass is 416 g/mol. The molecule has 1 fully saturated rings. The topological polar surface area (TPSA) is 68.5 Å². The van der Waals surface area contributed by atoms with Gasteiger partial charge in [0.05, 0.1) is 23.7 Å². The first kappa shape index (κ1) is 18.0. The molecule has 0 unspecified atom stereocenters. The van der Waals surface area contributed by atoms with Gasteiger partial charge in [0.15, 0.2) is 5.82 Å². The second-order valence-corrected chi connectivity index (χ2v) is 9.34. The van der Waals surface area contributed by atoms with Gasteiger partial charge in [0.25, 0.3) is 0 Å². The maximum Gasteiger partial charge on any atom is 0.164 e. The van der Waals surface area contributed by atoms with Crippen LogP contribution in [0, 0.1) is 0 Å². The van der Waals surface area contributed by atoms with E-state index in [4.69, 9.17) is 15.1 Å². The fraction of sp³-hybridized carbons (Fsp3) is 0.391. The minimum atomic E-state index is 0.571. The molecule has 0 radical (unpaired) electrons. The summed E-state index contributed by atoms with van der Waals surface area (Å²) < 4.78 is 2.16. The minimum absolute atomic E-state index is 0.571. The van der Waals surface area contributed by atoms with Crippen LogP contribution in [0.1, 0.15) is 54.3 Å². The van der Waals surface area contributed by atoms with Crippen LogP contribution in [0.5, 0.6) is 0 Å². The van der Waals surface area contributed by atoms with E-state index in [9.17, 15) is 0 Å². The number of hydrogen-bond acceptors (Lipinski definition) is 6. The van der Waals surface area contributed by atoms with Crippen LogP contribution >= 0.6 is 11.3 Å². The molecule has 0 bridgehead atoms. The smallest absolute Gasteiger partial charge is 0.164 e. The molecular formula is C23H24N6S. The molecule has 2 aliphatic carbocycles. The molecule has 1 N–H and O–H groups in total. The lowest BCUT2D eigenvalue weighted by atomic mass is 10.1. The van der Waals surface area contributed by atoms with E-state index in [0.717, 1.165) is 40.6 Å². The van der Waals surface area contributed by atoms with Gasteiger partial charge in [0.1, 0.15) is 10.6 Å². The molecule has 0 atom stereocenters. The van der Waals surface area contributed by atoms with Gasteiger partial charge < -0.3 is 5.32 Å². The van der Waals surface area contributed by atoms with E-state index in [1.807, 2.05) is 29.7 Å². The first-order valence-electron chi connectivity index (χ1n) is 10.9. The normalized spacial score (nSPS) is 16.4. The van der Waals surface area contributed by atoms with Crippen LogP contribution in [0.25, 0.3) is 21.6 Å². The quantitative estimate of drug-likeness (QED) is 0.486. The average molecular weight is 417 g/mol. The van der Waals surface area contributed by atoms with Crippen molar-refractivity contribution < 1.29 is 0 Å². The second kappa shape index (κ2) is 7.47. The van der Waals surface area contributed by atoms with Gasteiger partial charge in [-0.05, 0) is 55.9 Å². The highest BCUT2D eigenvalue weighted by Gasteiger charge is 2.23. The number of rotatable bonds is 5. The number of fused-ring (bicyclic) bond motifs is 3. The number of anilines is 1. The highest BCUT2D eigenvalue weighted by Crippen LogP contribution is 2.40. The average Bonchev–Trinajstić information content (AvgIpc) is 3.56. The van der Waals surface area contributed by atoms with E-state index in [2.05, 4.69) is 27.2 Å². The Morgan fingerprint density at radius 3 is 2.90 bits per heavy atom. The van der Waals surface area contributed by atoms with Crippen molar-refractivity contribution in [2.45, 2.75) is 57.5 Å². The number of hydrogen-bond donors (Lipinski definition) is 1. The zero-order valence-corrected chi connectivity index (χ0v) is 17.7. The van der Waals surface area contributed by atoms with Crippen molar-refractivity contribution in [3.05, 3.63) is 52.9 Å². The lowest BCUT2D eigenvalue weighted by Gasteiger charge is -2.10. The van der Waals surface area contributed by atoms with E-state index in [1.54, 1.807) is 6.20 Å². The molecule has 4 aromatic rings. The summed E-state index contributed by atoms with van der Waals surface area (Å²) >= 11 is 1.82. The van der Waals surface area contributed by atoms with E-state index in [0.29, 0.717) is 12.6 Å². The largest absolute Gasteiger partial charge is 0.364 e. The Bertz CT molecular complexity index is 1190. The van der Waals surface area contributed by atoms with Crippen molar-refractivity contribution >= 4 is 27.4 Å². The number of nitrogens with one attached hydrogen (secondary N) is 1. The number of thiophene rings is 1. The van der Waals surface area contributed by atoms with Crippen molar-refractivity contribution in [3.63, 3.8) is 0 Å². The van der Waals surface area contributed by atoms with Crippen molar-refractivity contribution in [1.82, 2.24) is 24.7 Å². The number of nitrogens with zero attached hydrogens (tertiary/aromatic N) is 5. The zero-order valence-electron chi connectivity index (χ0n) is 16.8. The molecule has 6 rings (SSSR count). The van der Waals surface area contributed by atoms with E-state index in [1.165, 1.54) is 47.9 Å². The lowest BCUT2D eigenvalue weighted by Crippen LogP contribution is -2.08. The molecule has 6 nitrogen and oxygen atoms in total. The Kier molecular flexibility index (Phi) is 4.48. The molecule has 0 amide bonds. The molecule has 152 valence electrons. The highest BCUT2D eigenvalue weighted by atomic mass is 32.1. The molecule has 0 aliphatic heterocycles. The fourth-order valence-electron chi connectivity index (χ4n) is 4.77. The van der Waals surface area contributed by atoms with Gasteiger partial charge in [-0.25, -0.2) is 9.97 Å². The van der Waals surface area contributed by atoms with E-state index in [-0.39, 0.29) is 0 Å². The number of aromatic nitrogens is 5. The summed E-state index contributed by atoms with van der Waals surface area (Å²) in [4.78, 5) is 16.6. The summed E-state index contributed by atoms with van der Waals surface area (Å²) in [7, 11) is 0. The number of aryl methyl sites for hydroxylation is 2. The summed E-state index contributed by atoms with van der Waals surface area (Å²) in [6.45, 7) is 0.670. The van der Waals surface area contributed by atoms with Crippen LogP contribution < -0.4 is 5.32 Å². The first-order valence-corrected chi connectivity index (χ1v) is 11.7. The van der Waals surface area contributed by atoms with Crippen LogP contribution in [-0.2, 0) is 19.4 Å². The molecule has 4 heterocycles. The summed E-state index contributed by atoms with van der Waals surface area (Å²) in [6.07, 6.45) is 14.4. The fourth-order valence-corrected chi connectivity index (χ4v) is 6.03. The summed E-state index contributed by atoms with van der Waals surface area (Å²) in [5, 5.41) is 9.63. The molecule has 0 aromatic carbocycles. The Morgan fingerprint density at radius 2 is 2.03 bits per heavy atom. The van der Waals surface area contributed by atoms with Crippen LogP contribution in [-0.4, -0.2) is 24.7 Å². The maximum absolute atomic E-state index is 4.93. The third-order valence-corrected chi connectivity index (χ3v) is 7.47. The zero-order chi connectivity index (χ0) is 19.9. The Labute approximate surface area is 179 Å². The van der Waals surface area contributed by atoms with Gasteiger partial charge in [0.2, 0.25) is 0 Å². The summed E-state index contributed by atoms with van der Waals surface area (Å²) in [5.74, 6) is 1.66. The Balaban J connectivity index is 1.34. The molecule has 1 saturated carbocycles. The second-order valence-electron chi connectivity index (χ2n) is 8.25. The molecule has 4 aromatic heterocycles. The first-order chi connectivity index (χ1) is 14.8. The molecule has 7 heteroatoms. The summed E-state index contributed by atoms with van der Waals surface area (Å²) in [5.41, 5.74) is 3.44. The van der Waals surface area contributed by atoms with Gasteiger partial charge in [-0.1, -0.05) is 12.8 Å². The SMILES string of the molecule is c1cncc(-c2nc(NCc3ccn(C4CCCC4)n3)c3c4c(sc3n2)CCC4)c1. The Morgan fingerprint density at radius 1 is 1.10 bits per heavy atom. The van der Waals surface area contributed by atoms with Gasteiger partial charge in [-0.2, -0.15) is 5.10 Å². The van der Waals surface area contributed by atoms with Crippen molar-refractivity contribution in [1.29, 1.82) is 0 Å². The van der Waals surface area contributed by atoms with Crippen molar-refractivity contribution in [2.75, 3.05) is 5.32 Å². The molecular weight excluding hydrogens is 392 g/mol. The van der Waals surface area contributed by atoms with Gasteiger partial charge in [-0.15, -0.1) is 11.3 Å². The lowest BCUT2D eigenvalue weighted by molar-refractivity contribution is 0.463. The predicted octanol–water partition coefficient (Wildman–Crippen LogP) is 5.17. The predicted molar refractivity (Wildman–Crippen MR) is 120 cm³/mol. The van der Waals surface area contributed by atoms with Crippen molar-refractivity contribution in [2.24, 2.45) is 0 Å². The van der Waals surface area contributed by atoms with E-state index >= 15 is 0 Å². The maximum atomic E-state index is 4.93. The third kappa shape index (κ3) is 3.17. The summed E-state index contributed by atoms with van der Waals surface area (Å²) in [6, 6.07) is 6.65. The van der Waals surface area contributed by atoms with Crippen molar-refractivity contribution in [3.8, 4) is 11.4 Å². The molecule has 0 saturated heterocycles. The van der Waals surface area contributed by atoms with Crippen LogP contribution in [0.3, 0.4) is 0 Å². The molecule has 2 aliphatic rings. The third-order valence-electron chi connectivity index (χ3n) is 6.28. The van der Waals surface area contributed by atoms with Crippen LogP contribution in [0.15, 0.2) is 36.8 Å².